The Morgan fingerprint density at radius 2 is 2.12 bits per heavy atom. The molecular formula is C18H20ClN3O2. The normalized spacial score (nSPS) is 17.5. The number of ether oxygens (including phenoxy) is 1. The standard InChI is InChI=1S/C18H20ClN3O2/c19-15-5-1-4-14(12-15)7-8-17(23)22-11-2-6-16(13-22)24-18-20-9-3-10-21-18/h1,3-5,9-10,12,16H,2,6-8,11,13H2/t16-/m0/s1. The van der Waals surface area contributed by atoms with Gasteiger partial charge in [0.1, 0.15) is 6.10 Å². The molecule has 3 rings (SSSR count). The fraction of sp³-hybridized carbons (Fsp3) is 0.389. The van der Waals surface area contributed by atoms with Gasteiger partial charge in [-0.25, -0.2) is 9.97 Å². The number of benzene rings is 1. The molecule has 6 heteroatoms. The Morgan fingerprint density at radius 1 is 1.29 bits per heavy atom. The molecule has 1 atom stereocenters. The molecule has 5 nitrogen and oxygen atoms in total. The van der Waals surface area contributed by atoms with Crippen molar-refractivity contribution in [2.45, 2.75) is 31.8 Å². The number of nitrogens with zero attached hydrogens (tertiary/aromatic N) is 3. The van der Waals surface area contributed by atoms with Gasteiger partial charge in [-0.3, -0.25) is 4.79 Å². The molecule has 126 valence electrons. The average Bonchev–Trinajstić information content (AvgIpc) is 2.61. The van der Waals surface area contributed by atoms with Gasteiger partial charge < -0.3 is 9.64 Å². The maximum absolute atomic E-state index is 12.5. The number of rotatable bonds is 5. The number of hydrogen-bond acceptors (Lipinski definition) is 4. The van der Waals surface area contributed by atoms with Crippen LogP contribution in [0.2, 0.25) is 5.02 Å². The van der Waals surface area contributed by atoms with E-state index in [1.54, 1.807) is 18.5 Å². The molecule has 1 aliphatic heterocycles. The zero-order valence-corrected chi connectivity index (χ0v) is 14.2. The zero-order valence-electron chi connectivity index (χ0n) is 13.4. The van der Waals surface area contributed by atoms with Crippen LogP contribution in [-0.2, 0) is 11.2 Å². The molecule has 0 unspecified atom stereocenters. The summed E-state index contributed by atoms with van der Waals surface area (Å²) in [5, 5.41) is 0.703. The highest BCUT2D eigenvalue weighted by Gasteiger charge is 2.25. The van der Waals surface area contributed by atoms with Crippen LogP contribution in [0.15, 0.2) is 42.7 Å². The van der Waals surface area contributed by atoms with Crippen molar-refractivity contribution in [1.29, 1.82) is 0 Å². The number of likely N-dealkylation sites (tertiary alicyclic amines) is 1. The second-order valence-electron chi connectivity index (χ2n) is 5.88. The number of amides is 1. The summed E-state index contributed by atoms with van der Waals surface area (Å²) in [6, 6.07) is 9.77. The summed E-state index contributed by atoms with van der Waals surface area (Å²) in [5.41, 5.74) is 1.08. The maximum Gasteiger partial charge on any atom is 0.316 e. The first-order valence-electron chi connectivity index (χ1n) is 8.16. The molecule has 2 heterocycles. The lowest BCUT2D eigenvalue weighted by molar-refractivity contribution is -0.133. The Hall–Kier alpha value is -2.14. The third-order valence-corrected chi connectivity index (χ3v) is 4.30. The molecule has 1 aromatic carbocycles. The van der Waals surface area contributed by atoms with Gasteiger partial charge in [0.15, 0.2) is 0 Å². The summed E-state index contributed by atoms with van der Waals surface area (Å²) in [7, 11) is 0. The van der Waals surface area contributed by atoms with Crippen LogP contribution in [-0.4, -0.2) is 40.0 Å². The monoisotopic (exact) mass is 345 g/mol. The van der Waals surface area contributed by atoms with E-state index in [1.165, 1.54) is 0 Å². The van der Waals surface area contributed by atoms with Gasteiger partial charge in [0.2, 0.25) is 5.91 Å². The number of halogens is 1. The lowest BCUT2D eigenvalue weighted by Gasteiger charge is -2.32. The molecular weight excluding hydrogens is 326 g/mol. The number of hydrogen-bond donors (Lipinski definition) is 0. The average molecular weight is 346 g/mol. The summed E-state index contributed by atoms with van der Waals surface area (Å²) in [6.45, 7) is 1.37. The van der Waals surface area contributed by atoms with E-state index in [9.17, 15) is 4.79 Å². The molecule has 1 saturated heterocycles. The Balaban J connectivity index is 1.51. The summed E-state index contributed by atoms with van der Waals surface area (Å²) in [4.78, 5) is 22.5. The molecule has 0 bridgehead atoms. The SMILES string of the molecule is O=C(CCc1cccc(Cl)c1)N1CCC[C@H](Oc2ncccn2)C1. The van der Waals surface area contributed by atoms with Gasteiger partial charge in [-0.2, -0.15) is 0 Å². The van der Waals surface area contributed by atoms with E-state index < -0.39 is 0 Å². The summed E-state index contributed by atoms with van der Waals surface area (Å²) < 4.78 is 5.78. The zero-order chi connectivity index (χ0) is 16.8. The van der Waals surface area contributed by atoms with Crippen molar-refractivity contribution >= 4 is 17.5 Å². The third-order valence-electron chi connectivity index (χ3n) is 4.06. The molecule has 0 aliphatic carbocycles. The number of aromatic nitrogens is 2. The first kappa shape index (κ1) is 16.7. The Labute approximate surface area is 146 Å². The Morgan fingerprint density at radius 3 is 2.92 bits per heavy atom. The Bertz CT molecular complexity index is 681. The molecule has 1 aliphatic rings. The topological polar surface area (TPSA) is 55.3 Å². The van der Waals surface area contributed by atoms with Crippen molar-refractivity contribution in [3.63, 3.8) is 0 Å². The number of piperidine rings is 1. The van der Waals surface area contributed by atoms with Crippen LogP contribution < -0.4 is 4.74 Å². The Kier molecular flexibility index (Phi) is 5.64. The lowest BCUT2D eigenvalue weighted by Crippen LogP contribution is -2.44. The maximum atomic E-state index is 12.5. The van der Waals surface area contributed by atoms with Crippen LogP contribution in [0, 0.1) is 0 Å². The molecule has 1 fully saturated rings. The fourth-order valence-electron chi connectivity index (χ4n) is 2.86. The molecule has 0 N–H and O–H groups in total. The van der Waals surface area contributed by atoms with E-state index in [4.69, 9.17) is 16.3 Å². The van der Waals surface area contributed by atoms with Crippen molar-refractivity contribution in [3.8, 4) is 6.01 Å². The molecule has 0 spiro atoms. The molecule has 24 heavy (non-hydrogen) atoms. The summed E-state index contributed by atoms with van der Waals surface area (Å²) in [5.74, 6) is 0.150. The minimum absolute atomic E-state index is 0.0451. The van der Waals surface area contributed by atoms with Gasteiger partial charge in [0.25, 0.3) is 0 Å². The number of carbonyl (C=O) groups is 1. The van der Waals surface area contributed by atoms with Crippen LogP contribution in [0.1, 0.15) is 24.8 Å². The highest BCUT2D eigenvalue weighted by Crippen LogP contribution is 2.17. The largest absolute Gasteiger partial charge is 0.458 e. The molecule has 0 saturated carbocycles. The van der Waals surface area contributed by atoms with Crippen LogP contribution in [0.4, 0.5) is 0 Å². The van der Waals surface area contributed by atoms with Crippen molar-refractivity contribution in [1.82, 2.24) is 14.9 Å². The lowest BCUT2D eigenvalue weighted by atomic mass is 10.1. The van der Waals surface area contributed by atoms with Crippen molar-refractivity contribution < 1.29 is 9.53 Å². The number of aryl methyl sites for hydroxylation is 1. The van der Waals surface area contributed by atoms with E-state index in [-0.39, 0.29) is 12.0 Å². The van der Waals surface area contributed by atoms with E-state index in [1.807, 2.05) is 29.2 Å². The molecule has 1 amide bonds. The van der Waals surface area contributed by atoms with E-state index in [0.29, 0.717) is 30.4 Å². The van der Waals surface area contributed by atoms with Gasteiger partial charge >= 0.3 is 6.01 Å². The summed E-state index contributed by atoms with van der Waals surface area (Å²) >= 11 is 5.98. The summed E-state index contributed by atoms with van der Waals surface area (Å²) in [6.07, 6.45) is 6.28. The molecule has 0 radical (unpaired) electrons. The van der Waals surface area contributed by atoms with Crippen molar-refractivity contribution in [2.24, 2.45) is 0 Å². The van der Waals surface area contributed by atoms with Crippen LogP contribution in [0.25, 0.3) is 0 Å². The second kappa shape index (κ2) is 8.11. The van der Waals surface area contributed by atoms with Crippen LogP contribution >= 0.6 is 11.6 Å². The van der Waals surface area contributed by atoms with Gasteiger partial charge in [0, 0.05) is 30.4 Å². The fourth-order valence-corrected chi connectivity index (χ4v) is 3.07. The van der Waals surface area contributed by atoms with Gasteiger partial charge in [-0.05, 0) is 43.0 Å². The second-order valence-corrected chi connectivity index (χ2v) is 6.32. The van der Waals surface area contributed by atoms with Crippen molar-refractivity contribution in [2.75, 3.05) is 13.1 Å². The highest BCUT2D eigenvalue weighted by molar-refractivity contribution is 6.30. The minimum Gasteiger partial charge on any atom is -0.458 e. The number of carbonyl (C=O) groups excluding carboxylic acids is 1. The van der Waals surface area contributed by atoms with Crippen molar-refractivity contribution in [3.05, 3.63) is 53.3 Å². The van der Waals surface area contributed by atoms with E-state index in [2.05, 4.69) is 9.97 Å². The first-order valence-corrected chi connectivity index (χ1v) is 8.54. The predicted molar refractivity (Wildman–Crippen MR) is 92.0 cm³/mol. The van der Waals surface area contributed by atoms with Crippen LogP contribution in [0.5, 0.6) is 6.01 Å². The van der Waals surface area contributed by atoms with Crippen LogP contribution in [0.3, 0.4) is 0 Å². The third kappa shape index (κ3) is 4.68. The van der Waals surface area contributed by atoms with E-state index >= 15 is 0 Å². The van der Waals surface area contributed by atoms with E-state index in [0.717, 1.165) is 24.9 Å². The van der Waals surface area contributed by atoms with Gasteiger partial charge in [-0.15, -0.1) is 0 Å². The smallest absolute Gasteiger partial charge is 0.316 e. The van der Waals surface area contributed by atoms with Gasteiger partial charge in [0.05, 0.1) is 6.54 Å². The molecule has 2 aromatic rings. The quantitative estimate of drug-likeness (QED) is 0.835. The molecule has 1 aromatic heterocycles. The highest BCUT2D eigenvalue weighted by atomic mass is 35.5. The first-order chi connectivity index (χ1) is 11.7. The van der Waals surface area contributed by atoms with Gasteiger partial charge in [-0.1, -0.05) is 23.7 Å². The minimum atomic E-state index is -0.0451. The predicted octanol–water partition coefficient (Wildman–Crippen LogP) is 3.13.